The van der Waals surface area contributed by atoms with Crippen molar-refractivity contribution in [1.29, 1.82) is 0 Å². The molecule has 0 rings (SSSR count). The monoisotopic (exact) mass is 162 g/mol. The molecule has 0 heterocycles. The summed E-state index contributed by atoms with van der Waals surface area (Å²) in [6.07, 6.45) is 0. The third kappa shape index (κ3) is 4.72. The normalized spacial score (nSPS) is 11.3. The molecule has 0 atom stereocenters. The highest BCUT2D eigenvalue weighted by Gasteiger charge is 2.17. The van der Waals surface area contributed by atoms with Crippen molar-refractivity contribution < 1.29 is 14.4 Å². The molecule has 0 aliphatic heterocycles. The summed E-state index contributed by atoms with van der Waals surface area (Å²) in [7, 11) is 3.71. The first-order valence-corrected chi connectivity index (χ1v) is 3.44. The minimum atomic E-state index is -0.219. The van der Waals surface area contributed by atoms with E-state index in [-0.39, 0.29) is 19.1 Å². The number of carbonyl (C=O) groups is 1. The molecule has 0 aliphatic carbocycles. The molecular weight excluding hydrogens is 146 g/mol. The van der Waals surface area contributed by atoms with Crippen LogP contribution in [0.3, 0.4) is 0 Å². The van der Waals surface area contributed by atoms with E-state index in [0.717, 1.165) is 0 Å². The van der Waals surface area contributed by atoms with Crippen LogP contribution in [0.5, 0.6) is 0 Å². The maximum Gasteiger partial charge on any atom is 0.289 e. The molecule has 5 heteroatoms. The lowest BCUT2D eigenvalue weighted by molar-refractivity contribution is -0.882. The first-order chi connectivity index (χ1) is 5.02. The van der Waals surface area contributed by atoms with E-state index in [1.165, 1.54) is 0 Å². The van der Waals surface area contributed by atoms with Crippen molar-refractivity contribution in [3.63, 3.8) is 0 Å². The maximum absolute atomic E-state index is 10.8. The number of aliphatic hydroxyl groups is 1. The Balaban J connectivity index is 3.80. The van der Waals surface area contributed by atoms with Gasteiger partial charge in [-0.25, -0.2) is 5.84 Å². The summed E-state index contributed by atoms with van der Waals surface area (Å²) in [5.74, 6) is 4.68. The van der Waals surface area contributed by atoms with E-state index in [0.29, 0.717) is 11.0 Å². The van der Waals surface area contributed by atoms with Crippen molar-refractivity contribution in [1.82, 2.24) is 5.43 Å². The molecule has 11 heavy (non-hydrogen) atoms. The number of nitrogens with zero attached hydrogens (tertiary/aromatic N) is 1. The van der Waals surface area contributed by atoms with Gasteiger partial charge in [0, 0.05) is 0 Å². The molecule has 0 fully saturated rings. The van der Waals surface area contributed by atoms with Crippen LogP contribution in [0.1, 0.15) is 0 Å². The number of quaternary nitrogens is 1. The first-order valence-electron chi connectivity index (χ1n) is 3.44. The summed E-state index contributed by atoms with van der Waals surface area (Å²) in [5, 5.41) is 8.61. The minimum absolute atomic E-state index is 0.0743. The van der Waals surface area contributed by atoms with E-state index in [9.17, 15) is 4.79 Å². The Hall–Kier alpha value is -0.650. The first kappa shape index (κ1) is 10.3. The molecule has 0 bridgehead atoms. The van der Waals surface area contributed by atoms with Crippen LogP contribution < -0.4 is 11.3 Å². The van der Waals surface area contributed by atoms with Gasteiger partial charge in [-0.1, -0.05) is 0 Å². The fraction of sp³-hybridized carbons (Fsp3) is 0.833. The predicted octanol–water partition coefficient (Wildman–Crippen LogP) is -1.95. The van der Waals surface area contributed by atoms with Gasteiger partial charge in [-0.05, 0) is 0 Å². The van der Waals surface area contributed by atoms with Crippen LogP contribution >= 0.6 is 0 Å². The van der Waals surface area contributed by atoms with Crippen LogP contribution in [0.25, 0.3) is 0 Å². The summed E-state index contributed by atoms with van der Waals surface area (Å²) >= 11 is 0. The fourth-order valence-electron chi connectivity index (χ4n) is 0.784. The Morgan fingerprint density at radius 3 is 2.55 bits per heavy atom. The van der Waals surface area contributed by atoms with Crippen molar-refractivity contribution in [2.75, 3.05) is 33.8 Å². The summed E-state index contributed by atoms with van der Waals surface area (Å²) in [6, 6.07) is 0. The molecule has 0 saturated heterocycles. The second-order valence-corrected chi connectivity index (χ2v) is 3.11. The Bertz CT molecular complexity index is 136. The third-order valence-corrected chi connectivity index (χ3v) is 1.44. The van der Waals surface area contributed by atoms with Gasteiger partial charge >= 0.3 is 0 Å². The van der Waals surface area contributed by atoms with Gasteiger partial charge in [-0.15, -0.1) is 0 Å². The molecule has 0 aromatic carbocycles. The van der Waals surface area contributed by atoms with Gasteiger partial charge in [0.25, 0.3) is 5.91 Å². The highest BCUT2D eigenvalue weighted by Crippen LogP contribution is 1.93. The fourth-order valence-corrected chi connectivity index (χ4v) is 0.784. The molecule has 0 unspecified atom stereocenters. The van der Waals surface area contributed by atoms with Crippen LogP contribution in [0, 0.1) is 0 Å². The van der Waals surface area contributed by atoms with E-state index < -0.39 is 0 Å². The molecule has 0 aromatic rings. The largest absolute Gasteiger partial charge is 0.391 e. The minimum Gasteiger partial charge on any atom is -0.391 e. The number of nitrogens with two attached hydrogens (primary N) is 1. The number of nitrogens with one attached hydrogen (secondary N) is 1. The standard InChI is InChI=1S/C6H15N3O2/c1-9(2,3-4-10)5-6(11)8-7/h10H,3-5,7H2,1-2H3/p+1. The Morgan fingerprint density at radius 1 is 1.64 bits per heavy atom. The van der Waals surface area contributed by atoms with E-state index >= 15 is 0 Å². The van der Waals surface area contributed by atoms with Crippen molar-refractivity contribution in [2.45, 2.75) is 0 Å². The highest BCUT2D eigenvalue weighted by molar-refractivity contribution is 5.76. The number of hydrogen-bond acceptors (Lipinski definition) is 3. The van der Waals surface area contributed by atoms with E-state index in [1.807, 2.05) is 19.5 Å². The average Bonchev–Trinajstić information content (AvgIpc) is 1.86. The summed E-state index contributed by atoms with van der Waals surface area (Å²) in [6.45, 7) is 0.912. The maximum atomic E-state index is 10.8. The van der Waals surface area contributed by atoms with Crippen LogP contribution in [0.15, 0.2) is 0 Å². The number of hydrogen-bond donors (Lipinski definition) is 3. The van der Waals surface area contributed by atoms with Gasteiger partial charge in [0.2, 0.25) is 0 Å². The average molecular weight is 162 g/mol. The number of amides is 1. The van der Waals surface area contributed by atoms with Crippen LogP contribution in [-0.4, -0.2) is 49.3 Å². The number of rotatable bonds is 4. The second kappa shape index (κ2) is 4.27. The Labute approximate surface area is 66.3 Å². The van der Waals surface area contributed by atoms with Crippen LogP contribution in [0.4, 0.5) is 0 Å². The van der Waals surface area contributed by atoms with Gasteiger partial charge in [-0.3, -0.25) is 10.2 Å². The highest BCUT2D eigenvalue weighted by atomic mass is 16.3. The second-order valence-electron chi connectivity index (χ2n) is 3.11. The third-order valence-electron chi connectivity index (χ3n) is 1.44. The van der Waals surface area contributed by atoms with Crippen molar-refractivity contribution in [3.05, 3.63) is 0 Å². The lowest BCUT2D eigenvalue weighted by atomic mass is 10.4. The SMILES string of the molecule is C[N+](C)(CCO)CC(=O)NN. The molecule has 1 amide bonds. The zero-order chi connectivity index (χ0) is 8.91. The lowest BCUT2D eigenvalue weighted by Gasteiger charge is -2.27. The Morgan fingerprint density at radius 2 is 2.18 bits per heavy atom. The summed E-state index contributed by atoms with van der Waals surface area (Å²) in [4.78, 5) is 10.8. The van der Waals surface area contributed by atoms with Crippen LogP contribution in [0.2, 0.25) is 0 Å². The van der Waals surface area contributed by atoms with E-state index in [2.05, 4.69) is 0 Å². The summed E-state index contributed by atoms with van der Waals surface area (Å²) < 4.78 is 0.444. The number of carbonyl (C=O) groups excluding carboxylic acids is 1. The predicted molar refractivity (Wildman–Crippen MR) is 41.3 cm³/mol. The number of aliphatic hydroxyl groups excluding tert-OH is 1. The Kier molecular flexibility index (Phi) is 4.02. The topological polar surface area (TPSA) is 75.3 Å². The molecule has 0 spiro atoms. The number of hydrazine groups is 1. The van der Waals surface area contributed by atoms with Crippen molar-refractivity contribution in [2.24, 2.45) is 5.84 Å². The molecule has 0 saturated carbocycles. The number of likely N-dealkylation sites (N-methyl/N-ethyl adjacent to an activating group) is 1. The molecule has 4 N–H and O–H groups in total. The molecule has 5 nitrogen and oxygen atoms in total. The van der Waals surface area contributed by atoms with Gasteiger partial charge in [0.15, 0.2) is 6.54 Å². The zero-order valence-electron chi connectivity index (χ0n) is 7.00. The van der Waals surface area contributed by atoms with E-state index in [1.54, 1.807) is 0 Å². The van der Waals surface area contributed by atoms with Gasteiger partial charge in [0.05, 0.1) is 20.7 Å². The molecule has 0 aliphatic rings. The zero-order valence-corrected chi connectivity index (χ0v) is 7.00. The van der Waals surface area contributed by atoms with Gasteiger partial charge in [0.1, 0.15) is 6.54 Å². The van der Waals surface area contributed by atoms with Crippen molar-refractivity contribution >= 4 is 5.91 Å². The van der Waals surface area contributed by atoms with Crippen molar-refractivity contribution in [3.8, 4) is 0 Å². The van der Waals surface area contributed by atoms with Gasteiger partial charge < -0.3 is 9.59 Å². The lowest BCUT2D eigenvalue weighted by Crippen LogP contribution is -2.50. The van der Waals surface area contributed by atoms with Gasteiger partial charge in [-0.2, -0.15) is 0 Å². The molecule has 0 radical (unpaired) electrons. The smallest absolute Gasteiger partial charge is 0.289 e. The molecule has 0 aromatic heterocycles. The quantitative estimate of drug-likeness (QED) is 0.194. The van der Waals surface area contributed by atoms with E-state index in [4.69, 9.17) is 10.9 Å². The molecular formula is C6H16N3O2+. The summed E-state index contributed by atoms with van der Waals surface area (Å²) in [5.41, 5.74) is 2.04. The molecule has 66 valence electrons. The van der Waals surface area contributed by atoms with Crippen LogP contribution in [-0.2, 0) is 4.79 Å².